The SMILES string of the molecule is COC(=O)C(NCCN(C)C)c1ccc(C(C)(C)C)s1. The van der Waals surface area contributed by atoms with Crippen LogP contribution < -0.4 is 5.32 Å². The lowest BCUT2D eigenvalue weighted by atomic mass is 9.95. The summed E-state index contributed by atoms with van der Waals surface area (Å²) in [5.41, 5.74) is 0.104. The summed E-state index contributed by atoms with van der Waals surface area (Å²) in [4.78, 5) is 16.3. The van der Waals surface area contributed by atoms with Gasteiger partial charge in [-0.15, -0.1) is 11.3 Å². The van der Waals surface area contributed by atoms with Crippen molar-refractivity contribution in [3.05, 3.63) is 21.9 Å². The highest BCUT2D eigenvalue weighted by Gasteiger charge is 2.25. The first-order valence-electron chi connectivity index (χ1n) is 6.82. The lowest BCUT2D eigenvalue weighted by Gasteiger charge is -2.18. The van der Waals surface area contributed by atoms with Gasteiger partial charge in [-0.25, -0.2) is 4.79 Å². The topological polar surface area (TPSA) is 41.6 Å². The predicted octanol–water partition coefficient (Wildman–Crippen LogP) is 2.41. The van der Waals surface area contributed by atoms with Gasteiger partial charge in [-0.3, -0.25) is 5.32 Å². The van der Waals surface area contributed by atoms with E-state index in [1.54, 1.807) is 11.3 Å². The summed E-state index contributed by atoms with van der Waals surface area (Å²) in [6, 6.07) is 3.75. The van der Waals surface area contributed by atoms with Gasteiger partial charge >= 0.3 is 5.97 Å². The van der Waals surface area contributed by atoms with E-state index in [1.807, 2.05) is 20.2 Å². The first-order chi connectivity index (χ1) is 9.25. The molecule has 1 aromatic heterocycles. The van der Waals surface area contributed by atoms with E-state index in [0.717, 1.165) is 18.0 Å². The molecule has 1 unspecified atom stereocenters. The van der Waals surface area contributed by atoms with Crippen LogP contribution >= 0.6 is 11.3 Å². The Bertz CT molecular complexity index is 435. The van der Waals surface area contributed by atoms with E-state index in [1.165, 1.54) is 12.0 Å². The number of carbonyl (C=O) groups is 1. The van der Waals surface area contributed by atoms with Crippen molar-refractivity contribution in [2.24, 2.45) is 0 Å². The molecule has 0 bridgehead atoms. The Kier molecular flexibility index (Phi) is 6.17. The molecule has 20 heavy (non-hydrogen) atoms. The Labute approximate surface area is 126 Å². The number of esters is 1. The molecule has 0 radical (unpaired) electrons. The third kappa shape index (κ3) is 4.89. The number of thiophene rings is 1. The second kappa shape index (κ2) is 7.20. The first-order valence-corrected chi connectivity index (χ1v) is 7.63. The number of hydrogen-bond donors (Lipinski definition) is 1. The largest absolute Gasteiger partial charge is 0.468 e. The van der Waals surface area contributed by atoms with Crippen molar-refractivity contribution in [1.29, 1.82) is 0 Å². The molecule has 5 heteroatoms. The van der Waals surface area contributed by atoms with Crippen molar-refractivity contribution < 1.29 is 9.53 Å². The molecule has 0 aromatic carbocycles. The van der Waals surface area contributed by atoms with Gasteiger partial charge in [0.15, 0.2) is 0 Å². The zero-order chi connectivity index (χ0) is 15.3. The van der Waals surface area contributed by atoms with Crippen LogP contribution in [0.25, 0.3) is 0 Å². The Morgan fingerprint density at radius 3 is 2.50 bits per heavy atom. The van der Waals surface area contributed by atoms with Gasteiger partial charge < -0.3 is 9.64 Å². The highest BCUT2D eigenvalue weighted by atomic mass is 32.1. The van der Waals surface area contributed by atoms with Crippen molar-refractivity contribution in [1.82, 2.24) is 10.2 Å². The van der Waals surface area contributed by atoms with Crippen LogP contribution in [0.3, 0.4) is 0 Å². The number of ether oxygens (including phenoxy) is 1. The van der Waals surface area contributed by atoms with Crippen LogP contribution in [-0.2, 0) is 14.9 Å². The molecule has 1 N–H and O–H groups in total. The zero-order valence-corrected chi connectivity index (χ0v) is 14.1. The number of likely N-dealkylation sites (N-methyl/N-ethyl adjacent to an activating group) is 1. The second-order valence-corrected chi connectivity index (χ2v) is 7.28. The zero-order valence-electron chi connectivity index (χ0n) is 13.3. The molecule has 0 amide bonds. The third-order valence-electron chi connectivity index (χ3n) is 2.99. The van der Waals surface area contributed by atoms with Gasteiger partial charge in [0.25, 0.3) is 0 Å². The fourth-order valence-corrected chi connectivity index (χ4v) is 2.89. The van der Waals surface area contributed by atoms with Crippen LogP contribution in [0, 0.1) is 0 Å². The summed E-state index contributed by atoms with van der Waals surface area (Å²) in [7, 11) is 5.45. The van der Waals surface area contributed by atoms with Crippen LogP contribution in [0.15, 0.2) is 12.1 Å². The molecule has 0 saturated heterocycles. The van der Waals surface area contributed by atoms with Gasteiger partial charge in [-0.05, 0) is 31.6 Å². The molecule has 1 rings (SSSR count). The Morgan fingerprint density at radius 2 is 2.05 bits per heavy atom. The smallest absolute Gasteiger partial charge is 0.328 e. The molecule has 0 aliphatic carbocycles. The van der Waals surface area contributed by atoms with Gasteiger partial charge in [-0.2, -0.15) is 0 Å². The second-order valence-electron chi connectivity index (χ2n) is 6.17. The number of rotatable bonds is 6. The fraction of sp³-hybridized carbons (Fsp3) is 0.667. The van der Waals surface area contributed by atoms with Crippen LogP contribution in [0.4, 0.5) is 0 Å². The summed E-state index contributed by atoms with van der Waals surface area (Å²) >= 11 is 1.67. The highest BCUT2D eigenvalue weighted by Crippen LogP contribution is 2.32. The minimum Gasteiger partial charge on any atom is -0.468 e. The van der Waals surface area contributed by atoms with E-state index in [2.05, 4.69) is 37.1 Å². The minimum absolute atomic E-state index is 0.104. The maximum absolute atomic E-state index is 12.0. The third-order valence-corrected chi connectivity index (χ3v) is 4.57. The van der Waals surface area contributed by atoms with Gasteiger partial charge in [0.2, 0.25) is 0 Å². The maximum Gasteiger partial charge on any atom is 0.328 e. The maximum atomic E-state index is 12.0. The van der Waals surface area contributed by atoms with Crippen LogP contribution in [0.5, 0.6) is 0 Å². The number of hydrogen-bond acceptors (Lipinski definition) is 5. The summed E-state index contributed by atoms with van der Waals surface area (Å²) in [5.74, 6) is -0.230. The molecule has 0 spiro atoms. The minimum atomic E-state index is -0.374. The summed E-state index contributed by atoms with van der Waals surface area (Å²) in [5, 5.41) is 3.28. The lowest BCUT2D eigenvalue weighted by Crippen LogP contribution is -2.34. The van der Waals surface area contributed by atoms with Gasteiger partial charge in [-0.1, -0.05) is 20.8 Å². The van der Waals surface area contributed by atoms with Crippen molar-refractivity contribution in [3.8, 4) is 0 Å². The van der Waals surface area contributed by atoms with Crippen molar-refractivity contribution >= 4 is 17.3 Å². The predicted molar refractivity (Wildman–Crippen MR) is 84.3 cm³/mol. The van der Waals surface area contributed by atoms with Crippen LogP contribution in [-0.4, -0.2) is 45.2 Å². The Balaban J connectivity index is 2.83. The molecule has 0 saturated carbocycles. The molecule has 1 atom stereocenters. The molecule has 114 valence electrons. The quantitative estimate of drug-likeness (QED) is 0.819. The molecule has 1 aromatic rings. The molecule has 0 fully saturated rings. The molecule has 4 nitrogen and oxygen atoms in total. The van der Waals surface area contributed by atoms with Gasteiger partial charge in [0.05, 0.1) is 7.11 Å². The Morgan fingerprint density at radius 1 is 1.40 bits per heavy atom. The monoisotopic (exact) mass is 298 g/mol. The highest BCUT2D eigenvalue weighted by molar-refractivity contribution is 7.12. The Hall–Kier alpha value is -0.910. The number of methoxy groups -OCH3 is 1. The fourth-order valence-electron chi connectivity index (χ4n) is 1.76. The van der Waals surface area contributed by atoms with Crippen LogP contribution in [0.2, 0.25) is 0 Å². The summed E-state index contributed by atoms with van der Waals surface area (Å²) < 4.78 is 4.91. The van der Waals surface area contributed by atoms with E-state index < -0.39 is 0 Å². The molecule has 0 aliphatic rings. The van der Waals surface area contributed by atoms with E-state index in [4.69, 9.17) is 4.74 Å². The molecular weight excluding hydrogens is 272 g/mol. The average molecular weight is 298 g/mol. The van der Waals surface area contributed by atoms with Gasteiger partial charge in [0, 0.05) is 22.8 Å². The van der Waals surface area contributed by atoms with Crippen molar-refractivity contribution in [2.75, 3.05) is 34.3 Å². The van der Waals surface area contributed by atoms with E-state index in [-0.39, 0.29) is 17.4 Å². The lowest BCUT2D eigenvalue weighted by molar-refractivity contribution is -0.143. The first kappa shape index (κ1) is 17.1. The van der Waals surface area contributed by atoms with Crippen molar-refractivity contribution in [2.45, 2.75) is 32.2 Å². The van der Waals surface area contributed by atoms with E-state index in [0.29, 0.717) is 0 Å². The number of carbonyl (C=O) groups excluding carboxylic acids is 1. The average Bonchev–Trinajstić information content (AvgIpc) is 2.82. The van der Waals surface area contributed by atoms with Crippen LogP contribution in [0.1, 0.15) is 36.6 Å². The molecule has 0 aliphatic heterocycles. The summed E-state index contributed by atoms with van der Waals surface area (Å²) in [6.07, 6.45) is 0. The standard InChI is InChI=1S/C15H26N2O2S/c1-15(2,3)12-8-7-11(20-12)13(14(18)19-6)16-9-10-17(4)5/h7-8,13,16H,9-10H2,1-6H3. The summed E-state index contributed by atoms with van der Waals surface area (Å²) in [6.45, 7) is 8.15. The molecule has 1 heterocycles. The number of nitrogens with one attached hydrogen (secondary N) is 1. The normalized spacial score (nSPS) is 13.6. The molecular formula is C15H26N2O2S. The van der Waals surface area contributed by atoms with E-state index in [9.17, 15) is 4.79 Å². The number of nitrogens with zero attached hydrogens (tertiary/aromatic N) is 1. The van der Waals surface area contributed by atoms with Gasteiger partial charge in [0.1, 0.15) is 6.04 Å². The van der Waals surface area contributed by atoms with Crippen molar-refractivity contribution in [3.63, 3.8) is 0 Å². The van der Waals surface area contributed by atoms with E-state index >= 15 is 0 Å².